The van der Waals surface area contributed by atoms with Crippen LogP contribution < -0.4 is 10.6 Å². The third-order valence-electron chi connectivity index (χ3n) is 2.55. The summed E-state index contributed by atoms with van der Waals surface area (Å²) in [6.07, 6.45) is -0.977. The lowest BCUT2D eigenvalue weighted by Crippen LogP contribution is -2.34. The van der Waals surface area contributed by atoms with Gasteiger partial charge in [0.25, 0.3) is 0 Å². The summed E-state index contributed by atoms with van der Waals surface area (Å²) in [5, 5.41) is 15.0. The van der Waals surface area contributed by atoms with Gasteiger partial charge in [0, 0.05) is 17.3 Å². The van der Waals surface area contributed by atoms with Crippen LogP contribution in [0.25, 0.3) is 0 Å². The smallest absolute Gasteiger partial charge is 0.239 e. The maximum atomic E-state index is 11.8. The van der Waals surface area contributed by atoms with Gasteiger partial charge in [-0.1, -0.05) is 11.6 Å². The Morgan fingerprint density at radius 2 is 2.06 bits per heavy atom. The SMILES string of the molecule is O=C1NCC(O)C1C(=O)Nc1ccc(Cl)cc1. The Kier molecular flexibility index (Phi) is 3.31. The number of halogens is 1. The number of β-amino-alcohol motifs (C(OH)–C–C–N with tert-alkyl or cyclic N) is 1. The van der Waals surface area contributed by atoms with Crippen molar-refractivity contribution in [3.63, 3.8) is 0 Å². The van der Waals surface area contributed by atoms with Crippen molar-refractivity contribution in [1.29, 1.82) is 0 Å². The monoisotopic (exact) mass is 254 g/mol. The lowest BCUT2D eigenvalue weighted by atomic mass is 10.0. The predicted octanol–water partition coefficient (Wildman–Crippen LogP) is 0.385. The van der Waals surface area contributed by atoms with E-state index in [4.69, 9.17) is 11.6 Å². The van der Waals surface area contributed by atoms with Gasteiger partial charge < -0.3 is 15.7 Å². The Balaban J connectivity index is 2.06. The summed E-state index contributed by atoms with van der Waals surface area (Å²) in [6.45, 7) is 0.109. The van der Waals surface area contributed by atoms with Crippen molar-refractivity contribution < 1.29 is 14.7 Å². The van der Waals surface area contributed by atoms with Crippen molar-refractivity contribution in [2.75, 3.05) is 11.9 Å². The first kappa shape index (κ1) is 11.9. The number of carbonyl (C=O) groups excluding carboxylic acids is 2. The van der Waals surface area contributed by atoms with E-state index >= 15 is 0 Å². The fraction of sp³-hybridized carbons (Fsp3) is 0.273. The molecule has 1 saturated heterocycles. The van der Waals surface area contributed by atoms with Crippen LogP contribution in [0.2, 0.25) is 5.02 Å². The second kappa shape index (κ2) is 4.73. The number of benzene rings is 1. The van der Waals surface area contributed by atoms with E-state index in [1.165, 1.54) is 0 Å². The first-order valence-corrected chi connectivity index (χ1v) is 5.48. The Hall–Kier alpha value is -1.59. The summed E-state index contributed by atoms with van der Waals surface area (Å²) >= 11 is 5.70. The highest BCUT2D eigenvalue weighted by molar-refractivity contribution is 6.30. The molecule has 2 amide bonds. The molecule has 1 heterocycles. The van der Waals surface area contributed by atoms with Crippen molar-refractivity contribution in [2.24, 2.45) is 5.92 Å². The summed E-state index contributed by atoms with van der Waals surface area (Å²) in [7, 11) is 0. The zero-order chi connectivity index (χ0) is 12.4. The Bertz CT molecular complexity index is 447. The van der Waals surface area contributed by atoms with Crippen LogP contribution in [0.3, 0.4) is 0 Å². The Morgan fingerprint density at radius 3 is 2.59 bits per heavy atom. The van der Waals surface area contributed by atoms with Crippen LogP contribution >= 0.6 is 11.6 Å². The third kappa shape index (κ3) is 2.57. The van der Waals surface area contributed by atoms with Gasteiger partial charge in [0.15, 0.2) is 0 Å². The largest absolute Gasteiger partial charge is 0.390 e. The zero-order valence-electron chi connectivity index (χ0n) is 8.81. The minimum Gasteiger partial charge on any atom is -0.390 e. The molecule has 0 aliphatic carbocycles. The number of anilines is 1. The third-order valence-corrected chi connectivity index (χ3v) is 2.80. The van der Waals surface area contributed by atoms with E-state index in [0.717, 1.165) is 0 Å². The summed E-state index contributed by atoms with van der Waals surface area (Å²) in [5.74, 6) is -2.02. The predicted molar refractivity (Wildman–Crippen MR) is 62.6 cm³/mol. The number of rotatable bonds is 2. The molecule has 1 fully saturated rings. The Labute approximate surface area is 103 Å². The molecule has 0 spiro atoms. The minimum atomic E-state index is -1.05. The molecule has 1 aromatic carbocycles. The lowest BCUT2D eigenvalue weighted by molar-refractivity contribution is -0.132. The standard InChI is InChI=1S/C11H11ClN2O3/c12-6-1-3-7(4-2-6)14-11(17)9-8(15)5-13-10(9)16/h1-4,8-9,15H,5H2,(H,13,16)(H,14,17). The number of aliphatic hydroxyl groups excluding tert-OH is 1. The second-order valence-corrected chi connectivity index (χ2v) is 4.22. The van der Waals surface area contributed by atoms with Gasteiger partial charge in [-0.15, -0.1) is 0 Å². The quantitative estimate of drug-likeness (QED) is 0.668. The van der Waals surface area contributed by atoms with Crippen molar-refractivity contribution >= 4 is 29.1 Å². The fourth-order valence-electron chi connectivity index (χ4n) is 1.65. The zero-order valence-corrected chi connectivity index (χ0v) is 9.57. The maximum absolute atomic E-state index is 11.8. The van der Waals surface area contributed by atoms with Gasteiger partial charge in [-0.25, -0.2) is 0 Å². The molecule has 2 unspecified atom stereocenters. The van der Waals surface area contributed by atoms with Crippen LogP contribution in [0.1, 0.15) is 0 Å². The van der Waals surface area contributed by atoms with E-state index < -0.39 is 23.8 Å². The van der Waals surface area contributed by atoms with Crippen molar-refractivity contribution in [1.82, 2.24) is 5.32 Å². The highest BCUT2D eigenvalue weighted by atomic mass is 35.5. The molecule has 1 aliphatic rings. The second-order valence-electron chi connectivity index (χ2n) is 3.79. The number of carbonyl (C=O) groups is 2. The van der Waals surface area contributed by atoms with Crippen LogP contribution in [-0.2, 0) is 9.59 Å². The number of aliphatic hydroxyl groups is 1. The maximum Gasteiger partial charge on any atom is 0.239 e. The molecule has 0 saturated carbocycles. The van der Waals surface area contributed by atoms with Crippen LogP contribution in [0.4, 0.5) is 5.69 Å². The summed E-state index contributed by atoms with van der Waals surface area (Å²) < 4.78 is 0. The molecule has 5 nitrogen and oxygen atoms in total. The first-order valence-electron chi connectivity index (χ1n) is 5.10. The molecule has 1 aromatic rings. The first-order chi connectivity index (χ1) is 8.08. The van der Waals surface area contributed by atoms with Gasteiger partial charge in [0.1, 0.15) is 5.92 Å². The highest BCUT2D eigenvalue weighted by Gasteiger charge is 2.39. The number of nitrogens with one attached hydrogen (secondary N) is 2. The topological polar surface area (TPSA) is 78.4 Å². The molecule has 0 aromatic heterocycles. The number of hydrogen-bond acceptors (Lipinski definition) is 3. The molecule has 0 radical (unpaired) electrons. The molecule has 1 aliphatic heterocycles. The lowest BCUT2D eigenvalue weighted by Gasteiger charge is -2.11. The summed E-state index contributed by atoms with van der Waals surface area (Å²) in [5.41, 5.74) is 0.534. The van der Waals surface area contributed by atoms with Gasteiger partial charge in [-0.3, -0.25) is 9.59 Å². The Morgan fingerprint density at radius 1 is 1.41 bits per heavy atom. The summed E-state index contributed by atoms with van der Waals surface area (Å²) in [6, 6.07) is 6.50. The van der Waals surface area contributed by atoms with Gasteiger partial charge in [0.2, 0.25) is 11.8 Å². The minimum absolute atomic E-state index is 0.109. The van der Waals surface area contributed by atoms with E-state index in [1.807, 2.05) is 0 Å². The molecule has 0 bridgehead atoms. The van der Waals surface area contributed by atoms with Crippen LogP contribution in [-0.4, -0.2) is 29.6 Å². The van der Waals surface area contributed by atoms with E-state index in [0.29, 0.717) is 10.7 Å². The molecular weight excluding hydrogens is 244 g/mol. The van der Waals surface area contributed by atoms with E-state index in [-0.39, 0.29) is 6.54 Å². The molecule has 90 valence electrons. The van der Waals surface area contributed by atoms with E-state index in [9.17, 15) is 14.7 Å². The molecule has 6 heteroatoms. The molecular formula is C11H11ClN2O3. The van der Waals surface area contributed by atoms with Gasteiger partial charge >= 0.3 is 0 Å². The van der Waals surface area contributed by atoms with Crippen molar-refractivity contribution in [3.8, 4) is 0 Å². The normalized spacial score (nSPS) is 23.3. The van der Waals surface area contributed by atoms with Gasteiger partial charge in [0.05, 0.1) is 6.10 Å². The van der Waals surface area contributed by atoms with E-state index in [1.54, 1.807) is 24.3 Å². The number of hydrogen-bond donors (Lipinski definition) is 3. The molecule has 2 rings (SSSR count). The van der Waals surface area contributed by atoms with Crippen LogP contribution in [0.15, 0.2) is 24.3 Å². The molecule has 2 atom stereocenters. The number of amides is 2. The molecule has 3 N–H and O–H groups in total. The highest BCUT2D eigenvalue weighted by Crippen LogP contribution is 2.17. The average molecular weight is 255 g/mol. The fourth-order valence-corrected chi connectivity index (χ4v) is 1.78. The van der Waals surface area contributed by atoms with E-state index in [2.05, 4.69) is 10.6 Å². The summed E-state index contributed by atoms with van der Waals surface area (Å²) in [4.78, 5) is 23.1. The molecule has 17 heavy (non-hydrogen) atoms. The average Bonchev–Trinajstić information content (AvgIpc) is 2.62. The van der Waals surface area contributed by atoms with Crippen molar-refractivity contribution in [2.45, 2.75) is 6.10 Å². The van der Waals surface area contributed by atoms with Gasteiger partial charge in [-0.2, -0.15) is 0 Å². The van der Waals surface area contributed by atoms with Crippen molar-refractivity contribution in [3.05, 3.63) is 29.3 Å². The van der Waals surface area contributed by atoms with Crippen LogP contribution in [0.5, 0.6) is 0 Å². The van der Waals surface area contributed by atoms with Crippen LogP contribution in [0, 0.1) is 5.92 Å². The van der Waals surface area contributed by atoms with Gasteiger partial charge in [-0.05, 0) is 24.3 Å².